The van der Waals surface area contributed by atoms with Crippen LogP contribution < -0.4 is 5.32 Å². The number of aliphatic carboxylic acids is 1. The molecule has 0 spiro atoms. The Labute approximate surface area is 86.5 Å². The highest BCUT2D eigenvalue weighted by Crippen LogP contribution is 2.03. The van der Waals surface area contributed by atoms with Crippen LogP contribution in [0.5, 0.6) is 0 Å². The second-order valence-corrected chi connectivity index (χ2v) is 2.82. The third-order valence-electron chi connectivity index (χ3n) is 1.56. The zero-order valence-electron chi connectivity index (χ0n) is 8.10. The van der Waals surface area contributed by atoms with Crippen LogP contribution in [0.2, 0.25) is 0 Å². The van der Waals surface area contributed by atoms with Crippen molar-refractivity contribution in [3.05, 3.63) is 35.8 Å². The van der Waals surface area contributed by atoms with Gasteiger partial charge in [0, 0.05) is 19.3 Å². The first-order chi connectivity index (χ1) is 7.09. The van der Waals surface area contributed by atoms with Crippen molar-refractivity contribution < 1.29 is 14.7 Å². The summed E-state index contributed by atoms with van der Waals surface area (Å²) in [7, 11) is 0. The minimum absolute atomic E-state index is 0.159. The van der Waals surface area contributed by atoms with Crippen molar-refractivity contribution in [3.63, 3.8) is 0 Å². The van der Waals surface area contributed by atoms with E-state index in [0.717, 1.165) is 0 Å². The van der Waals surface area contributed by atoms with Gasteiger partial charge in [-0.3, -0.25) is 9.78 Å². The lowest BCUT2D eigenvalue weighted by atomic mass is 10.2. The first-order valence-corrected chi connectivity index (χ1v) is 4.22. The van der Waals surface area contributed by atoms with Gasteiger partial charge in [-0.2, -0.15) is 0 Å². The molecular formula is C10H10N2O3. The predicted molar refractivity (Wildman–Crippen MR) is 53.7 cm³/mol. The monoisotopic (exact) mass is 206 g/mol. The van der Waals surface area contributed by atoms with Crippen LogP contribution in [-0.4, -0.2) is 22.0 Å². The van der Waals surface area contributed by atoms with E-state index >= 15 is 0 Å². The number of aromatic nitrogens is 1. The normalized spacial score (nSPS) is 10.9. The van der Waals surface area contributed by atoms with E-state index in [1.165, 1.54) is 13.0 Å². The Morgan fingerprint density at radius 3 is 2.47 bits per heavy atom. The Morgan fingerprint density at radius 2 is 2.00 bits per heavy atom. The van der Waals surface area contributed by atoms with E-state index in [1.807, 2.05) is 0 Å². The van der Waals surface area contributed by atoms with Gasteiger partial charge < -0.3 is 10.4 Å². The van der Waals surface area contributed by atoms with Gasteiger partial charge in [0.2, 0.25) is 5.91 Å². The van der Waals surface area contributed by atoms with Crippen LogP contribution in [0.1, 0.15) is 12.5 Å². The fourth-order valence-electron chi connectivity index (χ4n) is 0.967. The number of hydrogen-bond acceptors (Lipinski definition) is 3. The van der Waals surface area contributed by atoms with Gasteiger partial charge in [0.05, 0.1) is 0 Å². The molecule has 0 aliphatic carbocycles. The number of carboxylic acid groups (broad SMARTS) is 1. The van der Waals surface area contributed by atoms with Gasteiger partial charge in [0.1, 0.15) is 5.70 Å². The molecular weight excluding hydrogens is 196 g/mol. The number of nitrogens with zero attached hydrogens (tertiary/aromatic N) is 1. The number of nitrogens with one attached hydrogen (secondary N) is 1. The third kappa shape index (κ3) is 3.60. The molecule has 0 atom stereocenters. The quantitative estimate of drug-likeness (QED) is 0.711. The van der Waals surface area contributed by atoms with E-state index in [-0.39, 0.29) is 5.70 Å². The average molecular weight is 206 g/mol. The van der Waals surface area contributed by atoms with Gasteiger partial charge >= 0.3 is 5.97 Å². The number of carbonyl (C=O) groups excluding carboxylic acids is 1. The molecule has 5 heteroatoms. The lowest BCUT2D eigenvalue weighted by Crippen LogP contribution is -2.24. The van der Waals surface area contributed by atoms with Crippen LogP contribution in [-0.2, 0) is 9.59 Å². The topological polar surface area (TPSA) is 79.3 Å². The third-order valence-corrected chi connectivity index (χ3v) is 1.56. The van der Waals surface area contributed by atoms with Gasteiger partial charge in [-0.1, -0.05) is 0 Å². The molecule has 2 N–H and O–H groups in total. The summed E-state index contributed by atoms with van der Waals surface area (Å²) in [6.07, 6.45) is 4.45. The highest BCUT2D eigenvalue weighted by molar-refractivity contribution is 5.96. The van der Waals surface area contributed by atoms with Crippen molar-refractivity contribution in [3.8, 4) is 0 Å². The van der Waals surface area contributed by atoms with E-state index in [4.69, 9.17) is 5.11 Å². The molecule has 0 saturated heterocycles. The molecule has 5 nitrogen and oxygen atoms in total. The molecule has 1 rings (SSSR count). The molecule has 0 aliphatic heterocycles. The van der Waals surface area contributed by atoms with E-state index in [1.54, 1.807) is 24.5 Å². The number of carboxylic acids is 1. The Morgan fingerprint density at radius 1 is 1.40 bits per heavy atom. The standard InChI is InChI=1S/C10H10N2O3/c1-7(13)12-9(10(14)15)6-8-2-4-11-5-3-8/h2-6H,1H3,(H,12,13)(H,14,15)/b9-6+. The van der Waals surface area contributed by atoms with E-state index < -0.39 is 11.9 Å². The van der Waals surface area contributed by atoms with Crippen molar-refractivity contribution in [2.45, 2.75) is 6.92 Å². The van der Waals surface area contributed by atoms with Gasteiger partial charge in [0.15, 0.2) is 0 Å². The summed E-state index contributed by atoms with van der Waals surface area (Å²) in [5.41, 5.74) is 0.504. The molecule has 1 aromatic heterocycles. The highest BCUT2D eigenvalue weighted by atomic mass is 16.4. The Balaban J connectivity index is 2.94. The van der Waals surface area contributed by atoms with Crippen molar-refractivity contribution in [1.82, 2.24) is 10.3 Å². The van der Waals surface area contributed by atoms with Crippen LogP contribution in [0.3, 0.4) is 0 Å². The summed E-state index contributed by atoms with van der Waals surface area (Å²) in [6.45, 7) is 1.25. The predicted octanol–water partition coefficient (Wildman–Crippen LogP) is 0.643. The smallest absolute Gasteiger partial charge is 0.352 e. The van der Waals surface area contributed by atoms with E-state index in [2.05, 4.69) is 10.3 Å². The van der Waals surface area contributed by atoms with Crippen molar-refractivity contribution in [2.24, 2.45) is 0 Å². The van der Waals surface area contributed by atoms with Crippen LogP contribution in [0.15, 0.2) is 30.2 Å². The van der Waals surface area contributed by atoms with Crippen molar-refractivity contribution in [1.29, 1.82) is 0 Å². The van der Waals surface area contributed by atoms with Gasteiger partial charge in [-0.25, -0.2) is 4.79 Å². The second-order valence-electron chi connectivity index (χ2n) is 2.82. The highest BCUT2D eigenvalue weighted by Gasteiger charge is 2.08. The number of hydrogen-bond donors (Lipinski definition) is 2. The van der Waals surface area contributed by atoms with Crippen LogP contribution >= 0.6 is 0 Å². The molecule has 1 aromatic rings. The molecule has 0 saturated carbocycles. The average Bonchev–Trinajstić information content (AvgIpc) is 2.17. The minimum Gasteiger partial charge on any atom is -0.477 e. The van der Waals surface area contributed by atoms with Crippen molar-refractivity contribution >= 4 is 18.0 Å². The van der Waals surface area contributed by atoms with Crippen LogP contribution in [0.25, 0.3) is 6.08 Å². The lowest BCUT2D eigenvalue weighted by Gasteiger charge is -2.02. The molecule has 15 heavy (non-hydrogen) atoms. The summed E-state index contributed by atoms with van der Waals surface area (Å²) in [6, 6.07) is 3.29. The maximum atomic E-state index is 10.7. The van der Waals surface area contributed by atoms with Gasteiger partial charge in [0.25, 0.3) is 0 Å². The molecule has 0 aliphatic rings. The van der Waals surface area contributed by atoms with Crippen molar-refractivity contribution in [2.75, 3.05) is 0 Å². The number of amides is 1. The lowest BCUT2D eigenvalue weighted by molar-refractivity contribution is -0.134. The maximum absolute atomic E-state index is 10.7. The largest absolute Gasteiger partial charge is 0.477 e. The molecule has 78 valence electrons. The molecule has 0 fully saturated rings. The minimum atomic E-state index is -1.18. The Kier molecular flexibility index (Phi) is 3.56. The fourth-order valence-corrected chi connectivity index (χ4v) is 0.967. The van der Waals surface area contributed by atoms with Gasteiger partial charge in [-0.15, -0.1) is 0 Å². The molecule has 1 amide bonds. The summed E-state index contributed by atoms with van der Waals surface area (Å²) in [4.78, 5) is 25.3. The first kappa shape index (κ1) is 10.9. The van der Waals surface area contributed by atoms with E-state index in [9.17, 15) is 9.59 Å². The fraction of sp³-hybridized carbons (Fsp3) is 0.100. The summed E-state index contributed by atoms with van der Waals surface area (Å²) in [5, 5.41) is 11.0. The Bertz CT molecular complexity index is 398. The maximum Gasteiger partial charge on any atom is 0.352 e. The molecule has 0 aromatic carbocycles. The summed E-state index contributed by atoms with van der Waals surface area (Å²) >= 11 is 0. The molecule has 0 unspecified atom stereocenters. The number of carbonyl (C=O) groups is 2. The molecule has 0 bridgehead atoms. The molecule has 1 heterocycles. The van der Waals surface area contributed by atoms with Crippen LogP contribution in [0, 0.1) is 0 Å². The summed E-state index contributed by atoms with van der Waals surface area (Å²) in [5.74, 6) is -1.60. The first-order valence-electron chi connectivity index (χ1n) is 4.22. The second kappa shape index (κ2) is 4.90. The van der Waals surface area contributed by atoms with E-state index in [0.29, 0.717) is 5.56 Å². The van der Waals surface area contributed by atoms with Gasteiger partial charge in [-0.05, 0) is 23.8 Å². The number of pyridine rings is 1. The number of rotatable bonds is 3. The SMILES string of the molecule is CC(=O)N/C(=C/c1ccncc1)C(=O)O. The Hall–Kier alpha value is -2.17. The summed E-state index contributed by atoms with van der Waals surface area (Å²) < 4.78 is 0. The zero-order valence-corrected chi connectivity index (χ0v) is 8.10. The zero-order chi connectivity index (χ0) is 11.3. The van der Waals surface area contributed by atoms with Crippen LogP contribution in [0.4, 0.5) is 0 Å². The molecule has 0 radical (unpaired) electrons.